The van der Waals surface area contributed by atoms with Gasteiger partial charge < -0.3 is 0 Å². The third kappa shape index (κ3) is 40.2. The Balaban J connectivity index is 0. The Kier molecular flexibility index (Phi) is 423. The van der Waals surface area contributed by atoms with Gasteiger partial charge in [0.2, 0.25) is 0 Å². The van der Waals surface area contributed by atoms with Crippen LogP contribution in [0.1, 0.15) is 0 Å². The van der Waals surface area contributed by atoms with Gasteiger partial charge in [-0.1, -0.05) is 0 Å². The van der Waals surface area contributed by atoms with Crippen LogP contribution < -0.4 is 0 Å². The average Bonchev–Trinajstić information content (AvgIpc) is 0. The second-order valence-electron chi connectivity index (χ2n) is 0. The van der Waals surface area contributed by atoms with Crippen molar-refractivity contribution in [3.63, 3.8) is 0 Å². The van der Waals surface area contributed by atoms with Crippen LogP contribution in [0.5, 0.6) is 0 Å². The average molecular weight is 222 g/mol. The van der Waals surface area contributed by atoms with Crippen molar-refractivity contribution in [1.82, 2.24) is 0 Å². The zero-order chi connectivity index (χ0) is 0. The summed E-state index contributed by atoms with van der Waals surface area (Å²) in [5, 5.41) is 0. The predicted molar refractivity (Wildman–Crippen MR) is 66.9 cm³/mol. The van der Waals surface area contributed by atoms with Gasteiger partial charge in [-0.25, -0.2) is 0 Å². The molecule has 0 unspecified atom stereocenters. The quantitative estimate of drug-likeness (QED) is 0.386. The molecule has 0 nitrogen and oxygen atoms in total. The van der Waals surface area contributed by atoms with E-state index < -0.39 is 0 Å². The summed E-state index contributed by atoms with van der Waals surface area (Å²) >= 11 is 0. The van der Waals surface area contributed by atoms with Crippen LogP contribution in [-0.2, 0) is 0 Å². The summed E-state index contributed by atoms with van der Waals surface area (Å²) in [5.74, 6) is 0. The molecule has 0 aromatic rings. The Bertz CT molecular complexity index is 7.64. The summed E-state index contributed by atoms with van der Waals surface area (Å²) in [6, 6.07) is 0. The topological polar surface area (TPSA) is 0 Å². The second-order valence-corrected chi connectivity index (χ2v) is 0. The fourth-order valence-corrected chi connectivity index (χ4v) is 0. The third-order valence-corrected chi connectivity index (χ3v) is 0. The van der Waals surface area contributed by atoms with Gasteiger partial charge >= 0.3 is 148 Å². The molecular weight excluding hydrogens is 211 g/mol. The van der Waals surface area contributed by atoms with Crippen molar-refractivity contribution in [3.8, 4) is 0 Å². The molecule has 0 fully saturated rings. The molecule has 0 radical (unpaired) electrons. The molecular formula is H11Na5S3. The van der Waals surface area contributed by atoms with Gasteiger partial charge in [0.25, 0.3) is 0 Å². The zero-order valence-corrected chi connectivity index (χ0v) is 4.50. The minimum atomic E-state index is 0. The van der Waals surface area contributed by atoms with E-state index in [1.54, 1.807) is 0 Å². The van der Waals surface area contributed by atoms with E-state index >= 15 is 0 Å². The van der Waals surface area contributed by atoms with Gasteiger partial charge in [0.15, 0.2) is 0 Å². The van der Waals surface area contributed by atoms with Crippen molar-refractivity contribution < 1.29 is 0 Å². The summed E-state index contributed by atoms with van der Waals surface area (Å²) < 4.78 is 0. The van der Waals surface area contributed by atoms with Crippen molar-refractivity contribution in [3.05, 3.63) is 0 Å². The standard InChI is InChI=1S/5Na.3H2S.5H/h;;;;;3*1H2;;;;;. The van der Waals surface area contributed by atoms with Crippen LogP contribution >= 0.6 is 40.5 Å². The van der Waals surface area contributed by atoms with Gasteiger partial charge in [-0.2, -0.15) is 40.5 Å². The van der Waals surface area contributed by atoms with Gasteiger partial charge in [-0.3, -0.25) is 0 Å². The van der Waals surface area contributed by atoms with Crippen LogP contribution in [0.15, 0.2) is 0 Å². The molecule has 8 heavy (non-hydrogen) atoms. The Morgan fingerprint density at radius 3 is 0.250 bits per heavy atom. The van der Waals surface area contributed by atoms with Crippen LogP contribution in [0.25, 0.3) is 0 Å². The summed E-state index contributed by atoms with van der Waals surface area (Å²) in [5.41, 5.74) is 0. The molecule has 0 saturated heterocycles. The van der Waals surface area contributed by atoms with E-state index in [0.717, 1.165) is 0 Å². The number of rotatable bonds is 0. The Hall–Kier alpha value is 6.05. The van der Waals surface area contributed by atoms with Crippen LogP contribution in [0.2, 0.25) is 0 Å². The first-order valence-electron chi connectivity index (χ1n) is 0. The molecule has 0 saturated carbocycles. The Labute approximate surface area is 183 Å². The van der Waals surface area contributed by atoms with Crippen molar-refractivity contribution in [1.29, 1.82) is 0 Å². The summed E-state index contributed by atoms with van der Waals surface area (Å²) in [6.45, 7) is 0. The second kappa shape index (κ2) is 51.8. The molecule has 0 atom stereocenters. The molecule has 0 heterocycles. The Morgan fingerprint density at radius 1 is 0.250 bits per heavy atom. The van der Waals surface area contributed by atoms with Gasteiger partial charge in [0.05, 0.1) is 0 Å². The molecule has 8 heteroatoms. The van der Waals surface area contributed by atoms with E-state index in [1.807, 2.05) is 0 Å². The van der Waals surface area contributed by atoms with Crippen molar-refractivity contribution in [2.45, 2.75) is 0 Å². The molecule has 0 aliphatic heterocycles. The normalized spacial score (nSPS) is 0. The first kappa shape index (κ1) is 65.4. The number of hydrogen-bond acceptors (Lipinski definition) is 0. The molecule has 0 bridgehead atoms. The van der Waals surface area contributed by atoms with Crippen molar-refractivity contribution in [2.75, 3.05) is 0 Å². The molecule has 0 N–H and O–H groups in total. The van der Waals surface area contributed by atoms with Crippen molar-refractivity contribution in [2.24, 2.45) is 0 Å². The maximum atomic E-state index is 0. The van der Waals surface area contributed by atoms with Crippen molar-refractivity contribution >= 4 is 188 Å². The van der Waals surface area contributed by atoms with Gasteiger partial charge in [-0.05, 0) is 0 Å². The monoisotopic (exact) mass is 222 g/mol. The van der Waals surface area contributed by atoms with Crippen LogP contribution in [0.4, 0.5) is 0 Å². The molecule has 0 aliphatic carbocycles. The maximum absolute atomic E-state index is 0. The van der Waals surface area contributed by atoms with Gasteiger partial charge in [0.1, 0.15) is 0 Å². The molecule has 0 rings (SSSR count). The molecule has 0 aromatic carbocycles. The van der Waals surface area contributed by atoms with Gasteiger partial charge in [-0.15, -0.1) is 0 Å². The van der Waals surface area contributed by atoms with E-state index in [4.69, 9.17) is 0 Å². The van der Waals surface area contributed by atoms with E-state index in [0.29, 0.717) is 0 Å². The van der Waals surface area contributed by atoms with Gasteiger partial charge in [0, 0.05) is 0 Å². The van der Waals surface area contributed by atoms with E-state index in [2.05, 4.69) is 0 Å². The molecule has 0 aliphatic rings. The Morgan fingerprint density at radius 2 is 0.250 bits per heavy atom. The summed E-state index contributed by atoms with van der Waals surface area (Å²) in [6.07, 6.45) is 0. The van der Waals surface area contributed by atoms with E-state index in [-0.39, 0.29) is 188 Å². The third-order valence-electron chi connectivity index (χ3n) is 0. The number of hydrogen-bond donors (Lipinski definition) is 0. The zero-order valence-electron chi connectivity index (χ0n) is 1.50. The first-order valence-corrected chi connectivity index (χ1v) is 0. The summed E-state index contributed by atoms with van der Waals surface area (Å²) in [7, 11) is 0. The van der Waals surface area contributed by atoms with Crippen LogP contribution in [0.3, 0.4) is 0 Å². The first-order chi connectivity index (χ1) is 0. The predicted octanol–water partition coefficient (Wildman–Crippen LogP) is -2.90. The van der Waals surface area contributed by atoms with Crippen LogP contribution in [-0.4, -0.2) is 148 Å². The molecule has 34 valence electrons. The van der Waals surface area contributed by atoms with Crippen LogP contribution in [0, 0.1) is 0 Å². The SMILES string of the molecule is S.S.S.[NaH].[NaH].[NaH].[NaH].[NaH]. The fraction of sp³-hybridized carbons (Fsp3) is 0. The fourth-order valence-electron chi connectivity index (χ4n) is 0. The molecule has 0 aromatic heterocycles. The van der Waals surface area contributed by atoms with E-state index in [9.17, 15) is 0 Å². The molecule has 0 amide bonds. The van der Waals surface area contributed by atoms with E-state index in [1.165, 1.54) is 0 Å². The summed E-state index contributed by atoms with van der Waals surface area (Å²) in [4.78, 5) is 0. The molecule has 0 spiro atoms. The minimum absolute atomic E-state index is 0.